The van der Waals surface area contributed by atoms with Crippen LogP contribution < -0.4 is 0 Å². The summed E-state index contributed by atoms with van der Waals surface area (Å²) < 4.78 is 34.7. The summed E-state index contributed by atoms with van der Waals surface area (Å²) >= 11 is 0. The summed E-state index contributed by atoms with van der Waals surface area (Å²) in [7, 11) is 1.46. The Balaban J connectivity index is 3.97. The van der Waals surface area contributed by atoms with Gasteiger partial charge in [-0.15, -0.1) is 0 Å². The summed E-state index contributed by atoms with van der Waals surface area (Å²) in [5.41, 5.74) is 0. The normalized spacial score (nSPS) is 13.6. The number of unbranched alkanes of at least 4 members (excludes halogenated alkanes) is 41. The number of hydrogen-bond acceptors (Lipinski definition) is 7. The van der Waals surface area contributed by atoms with Crippen molar-refractivity contribution in [1.82, 2.24) is 0 Å². The number of phosphoric ester groups is 1. The Labute approximate surface area is 582 Å². The van der Waals surface area contributed by atoms with Gasteiger partial charge in [0, 0.05) is 12.8 Å². The average molecular weight is 1330 g/mol. The maximum atomic E-state index is 12.9. The lowest BCUT2D eigenvalue weighted by Crippen LogP contribution is -2.37. The molecule has 0 aliphatic carbocycles. The number of hydrogen-bond donors (Lipinski definition) is 1. The molecule has 0 saturated carbocycles. The number of likely N-dealkylation sites (N-methyl/N-ethyl adjacent to an activating group) is 1. The highest BCUT2D eigenvalue weighted by Crippen LogP contribution is 2.43. The van der Waals surface area contributed by atoms with Gasteiger partial charge in [0.05, 0.1) is 27.7 Å². The predicted molar refractivity (Wildman–Crippen MR) is 408 cm³/mol. The topological polar surface area (TPSA) is 108 Å². The summed E-state index contributed by atoms with van der Waals surface area (Å²) in [4.78, 5) is 35.9. The zero-order chi connectivity index (χ0) is 68.3. The van der Waals surface area contributed by atoms with Crippen molar-refractivity contribution < 1.29 is 42.1 Å². The Morgan fingerprint density at radius 2 is 0.606 bits per heavy atom. The lowest BCUT2D eigenvalue weighted by molar-refractivity contribution is -0.870. The molecule has 0 radical (unpaired) electrons. The van der Waals surface area contributed by atoms with Crippen LogP contribution in [0.3, 0.4) is 0 Å². The molecule has 0 aromatic rings. The van der Waals surface area contributed by atoms with Gasteiger partial charge in [-0.05, 0) is 103 Å². The Hall–Kier alpha value is -3.33. The lowest BCUT2D eigenvalue weighted by Gasteiger charge is -2.24. The first-order chi connectivity index (χ1) is 46.0. The minimum Gasteiger partial charge on any atom is -0.462 e. The molecule has 0 aromatic carbocycles. The molecule has 0 bridgehead atoms. The molecule has 2 unspecified atom stereocenters. The van der Waals surface area contributed by atoms with Gasteiger partial charge in [-0.2, -0.15) is 0 Å². The highest BCUT2D eigenvalue weighted by Gasteiger charge is 2.27. The van der Waals surface area contributed by atoms with Crippen molar-refractivity contribution in [1.29, 1.82) is 0 Å². The molecule has 0 amide bonds. The molecule has 0 aliphatic heterocycles. The first-order valence-electron chi connectivity index (χ1n) is 39.6. The van der Waals surface area contributed by atoms with Crippen LogP contribution in [0.5, 0.6) is 0 Å². The second kappa shape index (κ2) is 73.9. The number of nitrogens with zero attached hydrogens (tertiary/aromatic N) is 1. The number of allylic oxidation sites excluding steroid dienone is 18. The standard InChI is InChI=1S/C84H150NO8P/c1-6-8-10-12-14-16-18-20-22-24-26-28-30-32-34-36-37-38-39-40-41-42-43-44-45-46-47-49-50-52-54-56-58-60-62-64-66-68-70-72-74-76-83(86)90-80-82(81-92-94(88,89)91-79-78-85(3,4)5)93-84(87)77-75-73-71-69-67-65-63-61-59-57-55-53-51-48-35-33-31-29-27-25-23-21-19-17-15-13-11-9-7-2/h9,11,15,17,21,23-24,26-27,29,33,35,51,53,57,59,63,65,82H,6-8,10,12-14,16,18-20,22,25,28,30-32,34,36-50,52,54-56,58,60-62,64,66-81H2,1-5H3/p+1/b11-9-,17-15-,23-21-,26-24-,29-27-,35-33-,53-51-,59-57-,65-63-. The Bertz CT molecular complexity index is 1960. The summed E-state index contributed by atoms with van der Waals surface area (Å²) in [6.07, 6.45) is 105. The van der Waals surface area contributed by atoms with Crippen molar-refractivity contribution in [2.24, 2.45) is 0 Å². The van der Waals surface area contributed by atoms with Crippen molar-refractivity contribution in [3.05, 3.63) is 109 Å². The largest absolute Gasteiger partial charge is 0.472 e. The number of esters is 2. The lowest BCUT2D eigenvalue weighted by atomic mass is 10.0. The van der Waals surface area contributed by atoms with Crippen molar-refractivity contribution in [3.8, 4) is 0 Å². The SMILES string of the molecule is CC/C=C\C/C=C\C/C=C\C/C=C\C/C=C\C/C=C\C/C=C\C/C=C\CCCCCCC(=O)OC(COC(=O)CCCCCCCCCCCCCCCCCCCCCCCCCCCCCCC/C=C\CCCCCCCCCC)COP(=O)(O)OCC[N+](C)(C)C. The van der Waals surface area contributed by atoms with E-state index in [2.05, 4.69) is 123 Å². The van der Waals surface area contributed by atoms with Gasteiger partial charge in [0.1, 0.15) is 19.8 Å². The summed E-state index contributed by atoms with van der Waals surface area (Å²) in [6.45, 7) is 4.32. The third kappa shape index (κ3) is 77.7. The van der Waals surface area contributed by atoms with Crippen LogP contribution in [0.4, 0.5) is 0 Å². The molecule has 2 atom stereocenters. The molecule has 0 rings (SSSR count). The molecular formula is C84H151NO8P+. The van der Waals surface area contributed by atoms with E-state index in [1.54, 1.807) is 0 Å². The Morgan fingerprint density at radius 3 is 0.915 bits per heavy atom. The van der Waals surface area contributed by atoms with Crippen LogP contribution in [0.2, 0.25) is 0 Å². The van der Waals surface area contributed by atoms with Crippen LogP contribution >= 0.6 is 7.82 Å². The van der Waals surface area contributed by atoms with E-state index in [-0.39, 0.29) is 32.0 Å². The van der Waals surface area contributed by atoms with Crippen LogP contribution in [0.15, 0.2) is 109 Å². The number of quaternary nitrogens is 1. The van der Waals surface area contributed by atoms with Gasteiger partial charge in [-0.3, -0.25) is 18.6 Å². The van der Waals surface area contributed by atoms with Crippen molar-refractivity contribution in [2.45, 2.75) is 367 Å². The fourth-order valence-electron chi connectivity index (χ4n) is 11.3. The molecule has 0 heterocycles. The fourth-order valence-corrected chi connectivity index (χ4v) is 12.0. The third-order valence-electron chi connectivity index (χ3n) is 17.3. The predicted octanol–water partition coefficient (Wildman–Crippen LogP) is 26.4. The Morgan fingerprint density at radius 1 is 0.340 bits per heavy atom. The number of carbonyl (C=O) groups excluding carboxylic acids is 2. The number of rotatable bonds is 73. The molecule has 0 fully saturated rings. The number of carbonyl (C=O) groups is 2. The van der Waals surface area contributed by atoms with Crippen molar-refractivity contribution >= 4 is 19.8 Å². The molecule has 94 heavy (non-hydrogen) atoms. The second-order valence-corrected chi connectivity index (χ2v) is 29.2. The van der Waals surface area contributed by atoms with Crippen LogP contribution in [-0.4, -0.2) is 74.9 Å². The number of phosphoric acid groups is 1. The van der Waals surface area contributed by atoms with E-state index in [0.717, 1.165) is 96.3 Å². The zero-order valence-electron chi connectivity index (χ0n) is 62.2. The molecule has 0 aromatic heterocycles. The fraction of sp³-hybridized carbons (Fsp3) is 0.762. The zero-order valence-corrected chi connectivity index (χ0v) is 63.1. The summed E-state index contributed by atoms with van der Waals surface area (Å²) in [5, 5.41) is 0. The van der Waals surface area contributed by atoms with Gasteiger partial charge in [-0.1, -0.05) is 354 Å². The van der Waals surface area contributed by atoms with Gasteiger partial charge in [0.25, 0.3) is 0 Å². The van der Waals surface area contributed by atoms with Gasteiger partial charge in [0.2, 0.25) is 0 Å². The molecule has 0 saturated heterocycles. The van der Waals surface area contributed by atoms with Crippen LogP contribution in [-0.2, 0) is 32.7 Å². The van der Waals surface area contributed by atoms with Crippen molar-refractivity contribution in [3.63, 3.8) is 0 Å². The molecule has 0 spiro atoms. The van der Waals surface area contributed by atoms with Crippen LogP contribution in [0.1, 0.15) is 361 Å². The van der Waals surface area contributed by atoms with E-state index >= 15 is 0 Å². The molecule has 544 valence electrons. The first-order valence-corrected chi connectivity index (χ1v) is 41.1. The monoisotopic (exact) mass is 1330 g/mol. The van der Waals surface area contributed by atoms with E-state index in [1.165, 1.54) is 231 Å². The van der Waals surface area contributed by atoms with E-state index < -0.39 is 26.5 Å². The van der Waals surface area contributed by atoms with E-state index in [1.807, 2.05) is 21.1 Å². The maximum absolute atomic E-state index is 12.9. The maximum Gasteiger partial charge on any atom is 0.472 e. The summed E-state index contributed by atoms with van der Waals surface area (Å²) in [5.74, 6) is -0.820. The van der Waals surface area contributed by atoms with Crippen LogP contribution in [0, 0.1) is 0 Å². The smallest absolute Gasteiger partial charge is 0.462 e. The molecule has 0 aliphatic rings. The molecular weight excluding hydrogens is 1180 g/mol. The molecule has 1 N–H and O–H groups in total. The van der Waals surface area contributed by atoms with Gasteiger partial charge >= 0.3 is 19.8 Å². The van der Waals surface area contributed by atoms with Gasteiger partial charge in [0.15, 0.2) is 6.10 Å². The van der Waals surface area contributed by atoms with E-state index in [0.29, 0.717) is 17.4 Å². The minimum absolute atomic E-state index is 0.0223. The minimum atomic E-state index is -4.41. The average Bonchev–Trinajstić information content (AvgIpc) is 1.65. The highest BCUT2D eigenvalue weighted by atomic mass is 31.2. The van der Waals surface area contributed by atoms with Crippen molar-refractivity contribution in [2.75, 3.05) is 47.5 Å². The van der Waals surface area contributed by atoms with E-state index in [9.17, 15) is 19.0 Å². The van der Waals surface area contributed by atoms with Crippen LogP contribution in [0.25, 0.3) is 0 Å². The quantitative estimate of drug-likeness (QED) is 0.0211. The summed E-state index contributed by atoms with van der Waals surface area (Å²) in [6, 6.07) is 0. The molecule has 10 heteroatoms. The highest BCUT2D eigenvalue weighted by molar-refractivity contribution is 7.47. The van der Waals surface area contributed by atoms with Gasteiger partial charge < -0.3 is 18.9 Å². The number of ether oxygens (including phenoxy) is 2. The van der Waals surface area contributed by atoms with E-state index in [4.69, 9.17) is 18.5 Å². The first kappa shape index (κ1) is 90.7. The second-order valence-electron chi connectivity index (χ2n) is 27.7. The Kier molecular flexibility index (Phi) is 71.3. The van der Waals surface area contributed by atoms with Gasteiger partial charge in [-0.25, -0.2) is 4.57 Å². The molecule has 9 nitrogen and oxygen atoms in total. The third-order valence-corrected chi connectivity index (χ3v) is 18.3.